The highest BCUT2D eigenvalue weighted by molar-refractivity contribution is 7.93. The maximum absolute atomic E-state index is 12.6. The van der Waals surface area contributed by atoms with E-state index in [2.05, 4.69) is 4.72 Å². The average Bonchev–Trinajstić information content (AvgIpc) is 2.72. The van der Waals surface area contributed by atoms with E-state index in [1.54, 1.807) is 27.7 Å². The van der Waals surface area contributed by atoms with Crippen LogP contribution in [0.5, 0.6) is 5.75 Å². The number of rotatable bonds is 6. The summed E-state index contributed by atoms with van der Waals surface area (Å²) >= 11 is 0. The Hall–Kier alpha value is -1.46. The molecule has 1 aliphatic heterocycles. The van der Waals surface area contributed by atoms with Gasteiger partial charge in [-0.15, -0.1) is 0 Å². The van der Waals surface area contributed by atoms with Gasteiger partial charge in [0.25, 0.3) is 0 Å². The molecular weight excluding hydrogens is 398 g/mol. The number of alkyl halides is 3. The lowest BCUT2D eigenvalue weighted by molar-refractivity contribution is -0.153. The number of benzene rings is 1. The fourth-order valence-electron chi connectivity index (χ4n) is 2.34. The highest BCUT2D eigenvalue weighted by Gasteiger charge is 2.52. The van der Waals surface area contributed by atoms with Crippen molar-refractivity contribution in [2.45, 2.75) is 64.2 Å². The predicted molar refractivity (Wildman–Crippen MR) is 101 cm³/mol. The van der Waals surface area contributed by atoms with Gasteiger partial charge in [0.05, 0.1) is 16.5 Å². The van der Waals surface area contributed by atoms with E-state index in [-0.39, 0.29) is 16.9 Å². The second-order valence-corrected chi connectivity index (χ2v) is 10.2. The molecule has 6 nitrogen and oxygen atoms in total. The molecule has 1 heterocycles. The smallest absolute Gasteiger partial charge is 0.484 e. The molecule has 2 rings (SSSR count). The lowest BCUT2D eigenvalue weighted by Crippen LogP contribution is -2.41. The largest absolute Gasteiger partial charge is 0.498 e. The number of ether oxygens (including phenoxy) is 1. The van der Waals surface area contributed by atoms with Crippen LogP contribution in [0, 0.1) is 0 Å². The molecule has 0 unspecified atom stereocenters. The predicted octanol–water partition coefficient (Wildman–Crippen LogP) is 3.08. The molecule has 158 valence electrons. The number of nitrogens with one attached hydrogen (secondary N) is 1. The molecule has 0 spiro atoms. The van der Waals surface area contributed by atoms with E-state index in [4.69, 9.17) is 14.0 Å². The Kier molecular flexibility index (Phi) is 6.05. The summed E-state index contributed by atoms with van der Waals surface area (Å²) in [6.07, 6.45) is -4.52. The molecule has 0 bridgehead atoms. The summed E-state index contributed by atoms with van der Waals surface area (Å²) in [4.78, 5) is 0. The number of sulfonamides is 1. The van der Waals surface area contributed by atoms with Crippen molar-refractivity contribution in [1.29, 1.82) is 0 Å². The van der Waals surface area contributed by atoms with E-state index < -0.39 is 46.4 Å². The van der Waals surface area contributed by atoms with Gasteiger partial charge in [0.1, 0.15) is 5.75 Å². The van der Waals surface area contributed by atoms with Crippen molar-refractivity contribution in [3.05, 3.63) is 18.2 Å². The molecule has 0 atom stereocenters. The average molecular weight is 423 g/mol. The molecule has 28 heavy (non-hydrogen) atoms. The van der Waals surface area contributed by atoms with Crippen molar-refractivity contribution in [1.82, 2.24) is 0 Å². The summed E-state index contributed by atoms with van der Waals surface area (Å²) in [5, 5.41) is -0.686. The molecule has 11 heteroatoms. The Morgan fingerprint density at radius 3 is 2.14 bits per heavy atom. The Bertz CT molecular complexity index is 809. The first-order valence-electron chi connectivity index (χ1n) is 8.75. The SMILES string of the molecule is CC(C)S(=O)(=O)Nc1ccc(OCC(F)(F)F)c(B2OC(C)(C)C(C)(C)O2)c1. The van der Waals surface area contributed by atoms with E-state index in [0.717, 1.165) is 0 Å². The summed E-state index contributed by atoms with van der Waals surface area (Å²) in [5.74, 6) is -0.0941. The summed E-state index contributed by atoms with van der Waals surface area (Å²) < 4.78 is 81.2. The van der Waals surface area contributed by atoms with E-state index in [0.29, 0.717) is 0 Å². The van der Waals surface area contributed by atoms with Crippen LogP contribution in [-0.4, -0.2) is 44.8 Å². The Balaban J connectivity index is 2.42. The zero-order valence-corrected chi connectivity index (χ0v) is 17.5. The van der Waals surface area contributed by atoms with E-state index in [9.17, 15) is 21.6 Å². The molecule has 0 aromatic heterocycles. The van der Waals surface area contributed by atoms with Crippen molar-refractivity contribution in [2.75, 3.05) is 11.3 Å². The minimum Gasteiger partial charge on any atom is -0.484 e. The Labute approximate surface area is 163 Å². The molecule has 0 aliphatic carbocycles. The number of hydrogen-bond acceptors (Lipinski definition) is 5. The van der Waals surface area contributed by atoms with Gasteiger partial charge in [0, 0.05) is 11.2 Å². The molecule has 1 fully saturated rings. The standard InChI is InChI=1S/C17H25BF3NO5S/c1-11(2)28(23,24)22-12-7-8-14(25-10-17(19,20)21)13(9-12)18-26-15(3,4)16(5,6)27-18/h7-9,11,22H,10H2,1-6H3. The fourth-order valence-corrected chi connectivity index (χ4v) is 3.03. The lowest BCUT2D eigenvalue weighted by atomic mass is 9.78. The topological polar surface area (TPSA) is 73.9 Å². The molecule has 1 aliphatic rings. The number of halogens is 3. The highest BCUT2D eigenvalue weighted by atomic mass is 32.2. The minimum atomic E-state index is -4.52. The van der Waals surface area contributed by atoms with E-state index in [1.807, 2.05) is 0 Å². The van der Waals surface area contributed by atoms with Crippen molar-refractivity contribution in [3.8, 4) is 5.75 Å². The molecule has 0 saturated carbocycles. The van der Waals surface area contributed by atoms with Crippen LogP contribution in [0.4, 0.5) is 18.9 Å². The van der Waals surface area contributed by atoms with E-state index in [1.165, 1.54) is 32.0 Å². The van der Waals surface area contributed by atoms with Crippen LogP contribution >= 0.6 is 0 Å². The van der Waals surface area contributed by atoms with Crippen molar-refractivity contribution in [2.24, 2.45) is 0 Å². The van der Waals surface area contributed by atoms with Gasteiger partial charge >= 0.3 is 13.3 Å². The molecule has 0 amide bonds. The van der Waals surface area contributed by atoms with Crippen LogP contribution < -0.4 is 14.9 Å². The van der Waals surface area contributed by atoms with Crippen molar-refractivity contribution < 1.29 is 35.6 Å². The summed E-state index contributed by atoms with van der Waals surface area (Å²) in [6, 6.07) is 3.97. The van der Waals surface area contributed by atoms with Crippen LogP contribution in [0.15, 0.2) is 18.2 Å². The lowest BCUT2D eigenvalue weighted by Gasteiger charge is -2.32. The molecule has 1 aromatic carbocycles. The quantitative estimate of drug-likeness (QED) is 0.712. The van der Waals surface area contributed by atoms with Crippen LogP contribution in [0.1, 0.15) is 41.5 Å². The maximum Gasteiger partial charge on any atom is 0.498 e. The van der Waals surface area contributed by atoms with Gasteiger partial charge in [-0.25, -0.2) is 8.42 Å². The highest BCUT2D eigenvalue weighted by Crippen LogP contribution is 2.37. The number of anilines is 1. The minimum absolute atomic E-state index is 0.0941. The molecule has 1 N–H and O–H groups in total. The summed E-state index contributed by atoms with van der Waals surface area (Å²) in [5.41, 5.74) is -1.11. The van der Waals surface area contributed by atoms with Gasteiger partial charge in [-0.2, -0.15) is 13.2 Å². The maximum atomic E-state index is 12.6. The van der Waals surface area contributed by atoms with Gasteiger partial charge in [-0.3, -0.25) is 4.72 Å². The molecular formula is C17H25BF3NO5S. The summed E-state index contributed by atoms with van der Waals surface area (Å²) in [7, 11) is -4.65. The first-order chi connectivity index (χ1) is 12.5. The van der Waals surface area contributed by atoms with Crippen LogP contribution in [0.25, 0.3) is 0 Å². The third kappa shape index (κ3) is 5.12. The summed E-state index contributed by atoms with van der Waals surface area (Å²) in [6.45, 7) is 8.74. The van der Waals surface area contributed by atoms with Gasteiger partial charge in [-0.1, -0.05) is 0 Å². The van der Waals surface area contributed by atoms with Crippen LogP contribution in [0.2, 0.25) is 0 Å². The zero-order valence-electron chi connectivity index (χ0n) is 16.7. The fraction of sp³-hybridized carbons (Fsp3) is 0.647. The van der Waals surface area contributed by atoms with Gasteiger partial charge in [-0.05, 0) is 59.7 Å². The second-order valence-electron chi connectivity index (χ2n) is 7.94. The first-order valence-corrected chi connectivity index (χ1v) is 10.3. The van der Waals surface area contributed by atoms with Gasteiger partial charge < -0.3 is 14.0 Å². The molecule has 1 saturated heterocycles. The van der Waals surface area contributed by atoms with Crippen LogP contribution in [-0.2, 0) is 19.3 Å². The monoisotopic (exact) mass is 423 g/mol. The third-order valence-electron chi connectivity index (χ3n) is 4.79. The molecule has 1 aromatic rings. The van der Waals surface area contributed by atoms with Gasteiger partial charge in [0.2, 0.25) is 10.0 Å². The van der Waals surface area contributed by atoms with Crippen molar-refractivity contribution in [3.63, 3.8) is 0 Å². The van der Waals surface area contributed by atoms with Crippen LogP contribution in [0.3, 0.4) is 0 Å². The second kappa shape index (κ2) is 7.42. The van der Waals surface area contributed by atoms with E-state index >= 15 is 0 Å². The third-order valence-corrected chi connectivity index (χ3v) is 6.55. The normalized spacial score (nSPS) is 19.1. The van der Waals surface area contributed by atoms with Gasteiger partial charge in [0.15, 0.2) is 6.61 Å². The Morgan fingerprint density at radius 2 is 1.68 bits per heavy atom. The Morgan fingerprint density at radius 1 is 1.14 bits per heavy atom. The number of hydrogen-bond donors (Lipinski definition) is 1. The zero-order chi connectivity index (χ0) is 21.5. The first kappa shape index (κ1) is 22.8. The molecule has 0 radical (unpaired) electrons. The van der Waals surface area contributed by atoms with Crippen molar-refractivity contribution >= 4 is 28.3 Å².